The molecule has 220 valence electrons. The average Bonchev–Trinajstić information content (AvgIpc) is 3.51. The fourth-order valence-corrected chi connectivity index (χ4v) is 3.07. The minimum atomic E-state index is -0.980. The van der Waals surface area contributed by atoms with Crippen molar-refractivity contribution in [1.29, 1.82) is 0 Å². The summed E-state index contributed by atoms with van der Waals surface area (Å²) in [7, 11) is 1.27. The number of aryl methyl sites for hydroxylation is 1. The van der Waals surface area contributed by atoms with Crippen LogP contribution in [-0.4, -0.2) is 40.8 Å². The molecule has 0 aliphatic rings. The highest BCUT2D eigenvalue weighted by atomic mass is 19.1. The predicted octanol–water partition coefficient (Wildman–Crippen LogP) is 8.13. The Hall–Kier alpha value is -4.40. The van der Waals surface area contributed by atoms with Crippen LogP contribution >= 0.6 is 0 Å². The van der Waals surface area contributed by atoms with E-state index in [2.05, 4.69) is 25.2 Å². The van der Waals surface area contributed by atoms with E-state index in [0.717, 1.165) is 16.7 Å². The number of rotatable bonds is 7. The number of carbonyl (C=O) groups is 2. The Morgan fingerprint density at radius 1 is 0.902 bits per heavy atom. The number of halogens is 1. The molecule has 0 saturated carbocycles. The summed E-state index contributed by atoms with van der Waals surface area (Å²) in [5.41, 5.74) is 3.28. The van der Waals surface area contributed by atoms with Crippen LogP contribution in [0.25, 0.3) is 22.9 Å². The first-order chi connectivity index (χ1) is 19.7. The highest BCUT2D eigenvalue weighted by molar-refractivity contribution is 5.87. The van der Waals surface area contributed by atoms with E-state index in [4.69, 9.17) is 4.42 Å². The number of anilines is 1. The molecule has 0 spiro atoms. The highest BCUT2D eigenvalue weighted by Gasteiger charge is 2.27. The van der Waals surface area contributed by atoms with E-state index in [9.17, 15) is 14.0 Å². The average molecular weight is 565 g/mol. The summed E-state index contributed by atoms with van der Waals surface area (Å²) in [4.78, 5) is 26.9. The van der Waals surface area contributed by atoms with Crippen molar-refractivity contribution in [2.75, 3.05) is 19.1 Å². The van der Waals surface area contributed by atoms with E-state index in [1.807, 2.05) is 71.0 Å². The van der Waals surface area contributed by atoms with Crippen LogP contribution in [-0.2, 0) is 16.0 Å². The monoisotopic (exact) mass is 564 g/mol. The molecule has 9 heteroatoms. The van der Waals surface area contributed by atoms with Crippen LogP contribution in [0.1, 0.15) is 52.7 Å². The number of aromatic nitrogens is 3. The van der Waals surface area contributed by atoms with Gasteiger partial charge >= 0.3 is 6.09 Å². The molecule has 4 rings (SSSR count). The second kappa shape index (κ2) is 18.0. The van der Waals surface area contributed by atoms with Gasteiger partial charge in [-0.25, -0.2) is 4.79 Å². The number of Topliss-reactive ketones (excluding diaryl/α,β-unsaturated/α-hetero) is 1. The largest absolute Gasteiger partial charge is 0.453 e. The van der Waals surface area contributed by atoms with Crippen LogP contribution in [0.4, 0.5) is 14.9 Å². The summed E-state index contributed by atoms with van der Waals surface area (Å²) >= 11 is 0. The minimum Gasteiger partial charge on any atom is -0.453 e. The van der Waals surface area contributed by atoms with Gasteiger partial charge in [-0.1, -0.05) is 71.4 Å². The molecule has 1 N–H and O–H groups in total. The lowest BCUT2D eigenvalue weighted by Gasteiger charge is -2.18. The summed E-state index contributed by atoms with van der Waals surface area (Å²) in [6, 6.07) is 18.5. The predicted molar refractivity (Wildman–Crippen MR) is 161 cm³/mol. The summed E-state index contributed by atoms with van der Waals surface area (Å²) in [5.74, 6) is 0.861. The maximum absolute atomic E-state index is 12.7. The van der Waals surface area contributed by atoms with Crippen LogP contribution in [0.3, 0.4) is 0 Å². The molecule has 0 unspecified atom stereocenters. The quantitative estimate of drug-likeness (QED) is 0.241. The third-order valence-electron chi connectivity index (χ3n) is 5.46. The highest BCUT2D eigenvalue weighted by Crippen LogP contribution is 2.24. The molecule has 0 fully saturated rings. The fraction of sp³-hybridized carbons (Fsp3) is 0.344. The Bertz CT molecular complexity index is 1320. The van der Waals surface area contributed by atoms with Gasteiger partial charge in [-0.15, -0.1) is 10.2 Å². The molecule has 0 radical (unpaired) electrons. The molecule has 2 heterocycles. The van der Waals surface area contributed by atoms with Gasteiger partial charge in [-0.2, -0.15) is 0 Å². The van der Waals surface area contributed by atoms with Crippen molar-refractivity contribution in [2.45, 2.75) is 54.9 Å². The van der Waals surface area contributed by atoms with E-state index >= 15 is 0 Å². The zero-order valence-electron chi connectivity index (χ0n) is 25.2. The first-order valence-corrected chi connectivity index (χ1v) is 13.6. The molecular formula is C32H41FN4O4. The maximum Gasteiger partial charge on any atom is 0.411 e. The molecule has 8 nitrogen and oxygen atoms in total. The lowest BCUT2D eigenvalue weighted by atomic mass is 9.86. The first-order valence-electron chi connectivity index (χ1n) is 13.6. The van der Waals surface area contributed by atoms with Crippen molar-refractivity contribution in [2.24, 2.45) is 5.41 Å². The molecule has 41 heavy (non-hydrogen) atoms. The van der Waals surface area contributed by atoms with Gasteiger partial charge < -0.3 is 9.15 Å². The Balaban J connectivity index is 0.000000366. The van der Waals surface area contributed by atoms with Gasteiger partial charge in [0.15, 0.2) is 0 Å². The summed E-state index contributed by atoms with van der Waals surface area (Å²) < 4.78 is 22.9. The van der Waals surface area contributed by atoms with Crippen LogP contribution in [0.5, 0.6) is 0 Å². The van der Waals surface area contributed by atoms with Gasteiger partial charge in [0.1, 0.15) is 12.5 Å². The zero-order chi connectivity index (χ0) is 30.8. The molecule has 2 aromatic carbocycles. The number of hydrogen-bond acceptors (Lipinski definition) is 7. The van der Waals surface area contributed by atoms with Crippen LogP contribution in [0.2, 0.25) is 0 Å². The van der Waals surface area contributed by atoms with Crippen molar-refractivity contribution >= 4 is 17.6 Å². The number of ether oxygens (including phenoxy) is 1. The number of hydrogen-bond donors (Lipinski definition) is 1. The zero-order valence-corrected chi connectivity index (χ0v) is 25.2. The SMILES string of the molecule is CC.CC.COC(=O)Nc1cccc(CC(=O)C(C)(C)CF)c1.Cc1ccc(-c2nnc(-c3ccncc3)o2)cc1. The van der Waals surface area contributed by atoms with E-state index < -0.39 is 18.2 Å². The normalized spacial score (nSPS) is 9.98. The van der Waals surface area contributed by atoms with Crippen LogP contribution in [0.15, 0.2) is 77.5 Å². The number of nitrogens with zero attached hydrogens (tertiary/aromatic N) is 3. The molecule has 0 atom stereocenters. The lowest BCUT2D eigenvalue weighted by Crippen LogP contribution is -2.28. The standard InChI is InChI=1S/C14H18FNO3.C14H11N3O.2C2H6/c1-14(2,9-15)12(17)8-10-5-4-6-11(7-10)16-13(18)19-3;1-10-2-4-11(5-3-10)13-16-17-14(18-13)12-6-8-15-9-7-12;2*1-2/h4-7H,8-9H2,1-3H3,(H,16,18);2-9H,1H3;2*1-2H3. The summed E-state index contributed by atoms with van der Waals surface area (Å²) in [6.45, 7) is 12.5. The third-order valence-corrected chi connectivity index (χ3v) is 5.46. The molecule has 0 bridgehead atoms. The number of nitrogens with one attached hydrogen (secondary N) is 1. The third kappa shape index (κ3) is 11.3. The van der Waals surface area contributed by atoms with Gasteiger partial charge in [0, 0.05) is 35.6 Å². The minimum absolute atomic E-state index is 0.133. The van der Waals surface area contributed by atoms with Crippen molar-refractivity contribution in [3.05, 3.63) is 84.2 Å². The molecular weight excluding hydrogens is 523 g/mol. The molecule has 2 aromatic heterocycles. The van der Waals surface area contributed by atoms with E-state index in [1.54, 1.807) is 50.5 Å². The van der Waals surface area contributed by atoms with Gasteiger partial charge in [0.05, 0.1) is 12.5 Å². The number of carbonyl (C=O) groups excluding carboxylic acids is 2. The Morgan fingerprint density at radius 2 is 1.46 bits per heavy atom. The Morgan fingerprint density at radius 3 is 2.00 bits per heavy atom. The second-order valence-electron chi connectivity index (χ2n) is 8.95. The molecule has 0 saturated heterocycles. The number of benzene rings is 2. The van der Waals surface area contributed by atoms with E-state index in [1.165, 1.54) is 12.7 Å². The van der Waals surface area contributed by atoms with Gasteiger partial charge in [-0.05, 0) is 48.9 Å². The maximum atomic E-state index is 12.7. The number of ketones is 1. The Kier molecular flexibility index (Phi) is 15.2. The van der Waals surface area contributed by atoms with Gasteiger partial charge in [-0.3, -0.25) is 19.5 Å². The number of amides is 1. The van der Waals surface area contributed by atoms with E-state index in [0.29, 0.717) is 17.5 Å². The van der Waals surface area contributed by atoms with Crippen LogP contribution in [0, 0.1) is 12.3 Å². The molecule has 1 amide bonds. The van der Waals surface area contributed by atoms with Crippen molar-refractivity contribution in [3.8, 4) is 22.9 Å². The smallest absolute Gasteiger partial charge is 0.411 e. The van der Waals surface area contributed by atoms with Crippen molar-refractivity contribution in [1.82, 2.24) is 15.2 Å². The second-order valence-corrected chi connectivity index (χ2v) is 8.95. The van der Waals surface area contributed by atoms with Crippen molar-refractivity contribution < 1.29 is 23.1 Å². The molecule has 0 aliphatic heterocycles. The topological polar surface area (TPSA) is 107 Å². The van der Waals surface area contributed by atoms with Crippen molar-refractivity contribution in [3.63, 3.8) is 0 Å². The fourth-order valence-electron chi connectivity index (χ4n) is 3.07. The molecule has 0 aliphatic carbocycles. The number of methoxy groups -OCH3 is 1. The van der Waals surface area contributed by atoms with Gasteiger partial charge in [0.2, 0.25) is 11.8 Å². The number of pyridine rings is 1. The first kappa shape index (κ1) is 34.6. The Labute approximate surface area is 242 Å². The summed E-state index contributed by atoms with van der Waals surface area (Å²) in [5, 5.41) is 10.6. The lowest BCUT2D eigenvalue weighted by molar-refractivity contribution is -0.127. The molecule has 4 aromatic rings. The number of alkyl halides is 1. The summed E-state index contributed by atoms with van der Waals surface area (Å²) in [6.07, 6.45) is 2.96. The van der Waals surface area contributed by atoms with Crippen LogP contribution < -0.4 is 5.32 Å². The van der Waals surface area contributed by atoms with E-state index in [-0.39, 0.29) is 12.2 Å². The van der Waals surface area contributed by atoms with Gasteiger partial charge in [0.25, 0.3) is 0 Å².